The molecule has 4 heteroatoms. The Kier molecular flexibility index (Phi) is 7.28. The molecule has 0 aromatic carbocycles. The van der Waals surface area contributed by atoms with Gasteiger partial charge >= 0.3 is 0 Å². The molecule has 0 saturated carbocycles. The molecular weight excluding hydrogens is 228 g/mol. The van der Waals surface area contributed by atoms with Gasteiger partial charge in [-0.05, 0) is 39.0 Å². The van der Waals surface area contributed by atoms with Crippen LogP contribution in [0.4, 0.5) is 0 Å². The molecule has 3 unspecified atom stereocenters. The van der Waals surface area contributed by atoms with E-state index < -0.39 is 0 Å². The van der Waals surface area contributed by atoms with Crippen LogP contribution in [0.3, 0.4) is 0 Å². The van der Waals surface area contributed by atoms with E-state index in [9.17, 15) is 4.79 Å². The Bertz CT molecular complexity index is 238. The molecule has 1 amide bonds. The Morgan fingerprint density at radius 1 is 1.44 bits per heavy atom. The summed E-state index contributed by atoms with van der Waals surface area (Å²) in [5.74, 6) is 0.255. The summed E-state index contributed by atoms with van der Waals surface area (Å²) in [6, 6.07) is 0.236. The maximum absolute atomic E-state index is 11.8. The highest BCUT2D eigenvalue weighted by atomic mass is 16.5. The topological polar surface area (TPSA) is 64.4 Å². The van der Waals surface area contributed by atoms with E-state index in [1.54, 1.807) is 0 Å². The van der Waals surface area contributed by atoms with Crippen molar-refractivity contribution >= 4 is 5.91 Å². The molecule has 1 rings (SSSR count). The molecular formula is C14H28N2O2. The first-order chi connectivity index (χ1) is 8.59. The first-order valence-electron chi connectivity index (χ1n) is 7.24. The van der Waals surface area contributed by atoms with Crippen molar-refractivity contribution in [1.29, 1.82) is 0 Å². The van der Waals surface area contributed by atoms with Crippen LogP contribution in [0.5, 0.6) is 0 Å². The quantitative estimate of drug-likeness (QED) is 0.696. The normalized spacial score (nSPS) is 22.7. The molecule has 4 nitrogen and oxygen atoms in total. The molecule has 1 fully saturated rings. The molecule has 1 heterocycles. The zero-order valence-electron chi connectivity index (χ0n) is 11.8. The van der Waals surface area contributed by atoms with Gasteiger partial charge in [-0.1, -0.05) is 13.3 Å². The van der Waals surface area contributed by atoms with Crippen LogP contribution in [0.1, 0.15) is 52.4 Å². The summed E-state index contributed by atoms with van der Waals surface area (Å²) in [6.45, 7) is 5.61. The molecule has 0 spiro atoms. The highest BCUT2D eigenvalue weighted by molar-refractivity contribution is 5.78. The Hall–Kier alpha value is -0.610. The summed E-state index contributed by atoms with van der Waals surface area (Å²) in [6.07, 6.45) is 6.54. The summed E-state index contributed by atoms with van der Waals surface area (Å²) >= 11 is 0. The fourth-order valence-electron chi connectivity index (χ4n) is 2.28. The average Bonchev–Trinajstić information content (AvgIpc) is 2.81. The standard InChI is InChI=1S/C14H28N2O2/c1-11(5-3-6-12(2)15)14(17)16-9-8-13-7-4-10-18-13/h11-13H,3-10,15H2,1-2H3,(H,16,17). The molecule has 0 aromatic heterocycles. The highest BCUT2D eigenvalue weighted by Crippen LogP contribution is 2.14. The fraction of sp³-hybridized carbons (Fsp3) is 0.929. The SMILES string of the molecule is CC(N)CCCC(C)C(=O)NCCC1CCCO1. The van der Waals surface area contributed by atoms with E-state index in [0.29, 0.717) is 6.10 Å². The van der Waals surface area contributed by atoms with Gasteiger partial charge in [0.2, 0.25) is 5.91 Å². The molecule has 0 aliphatic carbocycles. The number of hydrogen-bond acceptors (Lipinski definition) is 3. The Morgan fingerprint density at radius 2 is 2.22 bits per heavy atom. The van der Waals surface area contributed by atoms with Gasteiger partial charge in [-0.15, -0.1) is 0 Å². The molecule has 3 N–H and O–H groups in total. The lowest BCUT2D eigenvalue weighted by Crippen LogP contribution is -2.31. The second-order valence-electron chi connectivity index (χ2n) is 5.52. The third-order valence-corrected chi connectivity index (χ3v) is 3.53. The molecule has 18 heavy (non-hydrogen) atoms. The van der Waals surface area contributed by atoms with Crippen LogP contribution in [0, 0.1) is 5.92 Å². The van der Waals surface area contributed by atoms with E-state index in [0.717, 1.165) is 51.7 Å². The van der Waals surface area contributed by atoms with E-state index in [2.05, 4.69) is 5.32 Å². The van der Waals surface area contributed by atoms with Gasteiger partial charge in [0.05, 0.1) is 6.10 Å². The molecule has 106 valence electrons. The average molecular weight is 256 g/mol. The predicted molar refractivity (Wildman–Crippen MR) is 73.3 cm³/mol. The predicted octanol–water partition coefficient (Wildman–Crippen LogP) is 1.83. The van der Waals surface area contributed by atoms with Crippen molar-refractivity contribution in [2.75, 3.05) is 13.2 Å². The minimum Gasteiger partial charge on any atom is -0.378 e. The molecule has 1 aliphatic rings. The number of nitrogens with two attached hydrogens (primary N) is 1. The van der Waals surface area contributed by atoms with Crippen molar-refractivity contribution < 1.29 is 9.53 Å². The number of nitrogens with one attached hydrogen (secondary N) is 1. The van der Waals surface area contributed by atoms with E-state index in [1.807, 2.05) is 13.8 Å². The van der Waals surface area contributed by atoms with Crippen molar-refractivity contribution in [3.63, 3.8) is 0 Å². The number of carbonyl (C=O) groups excluding carboxylic acids is 1. The Morgan fingerprint density at radius 3 is 2.83 bits per heavy atom. The van der Waals surface area contributed by atoms with E-state index in [-0.39, 0.29) is 17.9 Å². The lowest BCUT2D eigenvalue weighted by atomic mass is 10.0. The van der Waals surface area contributed by atoms with Crippen LogP contribution in [0.15, 0.2) is 0 Å². The maximum Gasteiger partial charge on any atom is 0.222 e. The lowest BCUT2D eigenvalue weighted by Gasteiger charge is -2.14. The Labute approximate surface area is 111 Å². The van der Waals surface area contributed by atoms with Crippen LogP contribution in [-0.2, 0) is 9.53 Å². The van der Waals surface area contributed by atoms with Gasteiger partial charge in [0, 0.05) is 25.1 Å². The zero-order valence-corrected chi connectivity index (χ0v) is 11.8. The summed E-state index contributed by atoms with van der Waals surface area (Å²) in [7, 11) is 0. The zero-order chi connectivity index (χ0) is 13.4. The summed E-state index contributed by atoms with van der Waals surface area (Å²) < 4.78 is 5.52. The van der Waals surface area contributed by atoms with Gasteiger partial charge in [-0.2, -0.15) is 0 Å². The maximum atomic E-state index is 11.8. The smallest absolute Gasteiger partial charge is 0.222 e. The van der Waals surface area contributed by atoms with Crippen LogP contribution in [0.2, 0.25) is 0 Å². The minimum absolute atomic E-state index is 0.0910. The van der Waals surface area contributed by atoms with Gasteiger partial charge in [0.1, 0.15) is 0 Å². The van der Waals surface area contributed by atoms with Crippen molar-refractivity contribution in [2.45, 2.75) is 64.5 Å². The number of amides is 1. The van der Waals surface area contributed by atoms with Crippen LogP contribution >= 0.6 is 0 Å². The van der Waals surface area contributed by atoms with Gasteiger partial charge in [0.15, 0.2) is 0 Å². The van der Waals surface area contributed by atoms with Gasteiger partial charge in [-0.3, -0.25) is 4.79 Å². The largest absolute Gasteiger partial charge is 0.378 e. The van der Waals surface area contributed by atoms with Crippen molar-refractivity contribution in [3.8, 4) is 0 Å². The number of rotatable bonds is 8. The molecule has 3 atom stereocenters. The molecule has 0 bridgehead atoms. The first-order valence-corrected chi connectivity index (χ1v) is 7.24. The Balaban J connectivity index is 2.03. The number of hydrogen-bond donors (Lipinski definition) is 2. The van der Waals surface area contributed by atoms with Crippen LogP contribution < -0.4 is 11.1 Å². The van der Waals surface area contributed by atoms with Gasteiger partial charge in [0.25, 0.3) is 0 Å². The third kappa shape index (κ3) is 6.36. The van der Waals surface area contributed by atoms with E-state index in [1.165, 1.54) is 0 Å². The first kappa shape index (κ1) is 15.4. The van der Waals surface area contributed by atoms with Crippen molar-refractivity contribution in [3.05, 3.63) is 0 Å². The number of carbonyl (C=O) groups is 1. The number of ether oxygens (including phenoxy) is 1. The molecule has 0 aromatic rings. The van der Waals surface area contributed by atoms with Crippen molar-refractivity contribution in [1.82, 2.24) is 5.32 Å². The molecule has 1 saturated heterocycles. The second kappa shape index (κ2) is 8.48. The van der Waals surface area contributed by atoms with E-state index in [4.69, 9.17) is 10.5 Å². The molecule has 0 radical (unpaired) electrons. The summed E-state index contributed by atoms with van der Waals surface area (Å²) in [5, 5.41) is 3.00. The highest BCUT2D eigenvalue weighted by Gasteiger charge is 2.16. The fourth-order valence-corrected chi connectivity index (χ4v) is 2.28. The van der Waals surface area contributed by atoms with Gasteiger partial charge in [-0.25, -0.2) is 0 Å². The van der Waals surface area contributed by atoms with Gasteiger partial charge < -0.3 is 15.8 Å². The molecule has 1 aliphatic heterocycles. The van der Waals surface area contributed by atoms with Crippen LogP contribution in [0.25, 0.3) is 0 Å². The van der Waals surface area contributed by atoms with Crippen LogP contribution in [-0.4, -0.2) is 31.2 Å². The second-order valence-corrected chi connectivity index (χ2v) is 5.52. The van der Waals surface area contributed by atoms with E-state index >= 15 is 0 Å². The summed E-state index contributed by atoms with van der Waals surface area (Å²) in [5.41, 5.74) is 5.69. The monoisotopic (exact) mass is 256 g/mol. The minimum atomic E-state index is 0.0910. The third-order valence-electron chi connectivity index (χ3n) is 3.53. The summed E-state index contributed by atoms with van der Waals surface area (Å²) in [4.78, 5) is 11.8. The lowest BCUT2D eigenvalue weighted by molar-refractivity contribution is -0.124. The van der Waals surface area contributed by atoms with Crippen molar-refractivity contribution in [2.24, 2.45) is 11.7 Å².